The van der Waals surface area contributed by atoms with E-state index in [-0.39, 0.29) is 0 Å². The van der Waals surface area contributed by atoms with Gasteiger partial charge in [-0.1, -0.05) is 35.9 Å². The largest absolute Gasteiger partial charge is 0.367 e. The van der Waals surface area contributed by atoms with Crippen molar-refractivity contribution >= 4 is 33.3 Å². The summed E-state index contributed by atoms with van der Waals surface area (Å²) in [7, 11) is -3.61. The van der Waals surface area contributed by atoms with Gasteiger partial charge in [-0.25, -0.2) is 12.7 Å². The fourth-order valence-corrected chi connectivity index (χ4v) is 5.47. The summed E-state index contributed by atoms with van der Waals surface area (Å²) in [5.41, 5.74) is 1.94. The molecular formula is C20H23ClN4O2S. The third kappa shape index (κ3) is 3.56. The number of nitrogens with zero attached hydrogens (tertiary/aromatic N) is 4. The monoisotopic (exact) mass is 418 g/mol. The molecule has 2 aromatic carbocycles. The molecule has 2 aliphatic rings. The topological polar surface area (TPSA) is 56.2 Å². The molecule has 8 heteroatoms. The molecule has 0 aliphatic carbocycles. The van der Waals surface area contributed by atoms with Crippen LogP contribution in [0.25, 0.3) is 0 Å². The Balaban J connectivity index is 1.50. The number of rotatable bonds is 3. The minimum atomic E-state index is -3.61. The van der Waals surface area contributed by atoms with Crippen LogP contribution in [0, 0.1) is 6.92 Å². The number of hydrogen-bond donors (Lipinski definition) is 0. The molecule has 4 rings (SSSR count). The van der Waals surface area contributed by atoms with Gasteiger partial charge in [0.1, 0.15) is 0 Å². The van der Waals surface area contributed by atoms with Crippen molar-refractivity contribution in [1.29, 1.82) is 0 Å². The average Bonchev–Trinajstić information content (AvgIpc) is 3.19. The van der Waals surface area contributed by atoms with E-state index in [0.29, 0.717) is 37.0 Å². The van der Waals surface area contributed by atoms with Crippen molar-refractivity contribution in [1.82, 2.24) is 9.21 Å². The van der Waals surface area contributed by atoms with Gasteiger partial charge in [-0.15, -0.1) is 0 Å². The van der Waals surface area contributed by atoms with Crippen molar-refractivity contribution in [3.8, 4) is 0 Å². The van der Waals surface area contributed by atoms with Crippen molar-refractivity contribution in [2.75, 3.05) is 44.2 Å². The second-order valence-electron chi connectivity index (χ2n) is 7.00. The van der Waals surface area contributed by atoms with Crippen LogP contribution >= 0.6 is 11.6 Å². The maximum absolute atomic E-state index is 13.2. The average molecular weight is 419 g/mol. The summed E-state index contributed by atoms with van der Waals surface area (Å²) in [5.74, 6) is 0.556. The van der Waals surface area contributed by atoms with E-state index in [1.165, 1.54) is 4.31 Å². The van der Waals surface area contributed by atoms with Crippen LogP contribution < -0.4 is 4.90 Å². The van der Waals surface area contributed by atoms with Gasteiger partial charge in [-0.2, -0.15) is 0 Å². The fraction of sp³-hybridized carbons (Fsp3) is 0.350. The minimum Gasteiger partial charge on any atom is -0.367 e. The van der Waals surface area contributed by atoms with Gasteiger partial charge in [0, 0.05) is 26.2 Å². The Hall–Kier alpha value is -2.25. The Labute approximate surface area is 171 Å². The number of hydrogen-bond acceptors (Lipinski definition) is 5. The maximum atomic E-state index is 13.2. The summed E-state index contributed by atoms with van der Waals surface area (Å²) in [5, 5.41) is 0.734. The molecule has 1 fully saturated rings. The first kappa shape index (κ1) is 19.1. The van der Waals surface area contributed by atoms with Gasteiger partial charge in [-0.3, -0.25) is 4.99 Å². The van der Waals surface area contributed by atoms with Crippen LogP contribution in [0.1, 0.15) is 5.56 Å². The predicted molar refractivity (Wildman–Crippen MR) is 113 cm³/mol. The van der Waals surface area contributed by atoms with E-state index in [9.17, 15) is 8.42 Å². The zero-order valence-corrected chi connectivity index (χ0v) is 17.3. The van der Waals surface area contributed by atoms with Gasteiger partial charge < -0.3 is 9.80 Å². The first-order valence-electron chi connectivity index (χ1n) is 9.35. The van der Waals surface area contributed by atoms with Gasteiger partial charge in [0.2, 0.25) is 5.96 Å². The number of halogens is 1. The molecule has 148 valence electrons. The highest BCUT2D eigenvalue weighted by molar-refractivity contribution is 7.89. The lowest BCUT2D eigenvalue weighted by atomic mass is 10.2. The van der Waals surface area contributed by atoms with E-state index in [0.717, 1.165) is 29.4 Å². The summed E-state index contributed by atoms with van der Waals surface area (Å²) in [6.45, 7) is 5.70. The lowest BCUT2D eigenvalue weighted by Gasteiger charge is -2.39. The molecule has 0 saturated carbocycles. The number of benzene rings is 2. The molecule has 2 aromatic rings. The standard InChI is InChI=1S/C20H23ClN4O2S/c1-16-5-4-6-17(15-16)28(26,27)25-10-9-22-20(25)24-13-11-23(12-14-24)19-8-3-2-7-18(19)21/h2-8,15H,9-14H2,1H3. The highest BCUT2D eigenvalue weighted by Crippen LogP contribution is 2.27. The molecule has 1 saturated heterocycles. The van der Waals surface area contributed by atoms with Crippen LogP contribution in [0.5, 0.6) is 0 Å². The zero-order chi connectivity index (χ0) is 19.7. The summed E-state index contributed by atoms with van der Waals surface area (Å²) >= 11 is 6.32. The predicted octanol–water partition coefficient (Wildman–Crippen LogP) is 2.83. The minimum absolute atomic E-state index is 0.316. The molecule has 0 unspecified atom stereocenters. The van der Waals surface area contributed by atoms with Gasteiger partial charge in [0.15, 0.2) is 0 Å². The Bertz CT molecular complexity index is 1000. The maximum Gasteiger partial charge on any atom is 0.266 e. The zero-order valence-electron chi connectivity index (χ0n) is 15.8. The molecule has 0 bridgehead atoms. The van der Waals surface area contributed by atoms with E-state index in [1.807, 2.05) is 37.3 Å². The smallest absolute Gasteiger partial charge is 0.266 e. The van der Waals surface area contributed by atoms with Gasteiger partial charge in [0.25, 0.3) is 10.0 Å². The molecular weight excluding hydrogens is 396 g/mol. The van der Waals surface area contributed by atoms with Crippen molar-refractivity contribution in [3.05, 3.63) is 59.1 Å². The lowest BCUT2D eigenvalue weighted by Crippen LogP contribution is -2.53. The number of para-hydroxylation sites is 1. The fourth-order valence-electron chi connectivity index (χ4n) is 3.66. The van der Waals surface area contributed by atoms with Crippen LogP contribution in [0.15, 0.2) is 58.4 Å². The Morgan fingerprint density at radius 2 is 1.64 bits per heavy atom. The second-order valence-corrected chi connectivity index (χ2v) is 9.27. The van der Waals surface area contributed by atoms with Crippen molar-refractivity contribution in [2.45, 2.75) is 11.8 Å². The van der Waals surface area contributed by atoms with Gasteiger partial charge in [0.05, 0.1) is 28.7 Å². The number of aliphatic imine (C=N–C) groups is 1. The Morgan fingerprint density at radius 1 is 0.929 bits per heavy atom. The van der Waals surface area contributed by atoms with Gasteiger partial charge >= 0.3 is 0 Å². The van der Waals surface area contributed by atoms with Gasteiger partial charge in [-0.05, 0) is 36.8 Å². The van der Waals surface area contributed by atoms with E-state index >= 15 is 0 Å². The molecule has 2 aliphatic heterocycles. The highest BCUT2D eigenvalue weighted by atomic mass is 35.5. The van der Waals surface area contributed by atoms with Crippen LogP contribution in [0.2, 0.25) is 5.02 Å². The summed E-state index contributed by atoms with van der Waals surface area (Å²) < 4.78 is 27.8. The summed E-state index contributed by atoms with van der Waals surface area (Å²) in [6.07, 6.45) is 0. The lowest BCUT2D eigenvalue weighted by molar-refractivity contribution is 0.358. The van der Waals surface area contributed by atoms with E-state index in [4.69, 9.17) is 11.6 Å². The Kier molecular flexibility index (Phi) is 5.21. The molecule has 0 radical (unpaired) electrons. The number of guanidine groups is 1. The normalized spacial score (nSPS) is 17.8. The summed E-state index contributed by atoms with van der Waals surface area (Å²) in [4.78, 5) is 9.12. The van der Waals surface area contributed by atoms with Crippen LogP contribution in [-0.2, 0) is 10.0 Å². The highest BCUT2D eigenvalue weighted by Gasteiger charge is 2.35. The van der Waals surface area contributed by atoms with Crippen LogP contribution in [0.3, 0.4) is 0 Å². The molecule has 28 heavy (non-hydrogen) atoms. The number of piperazine rings is 1. The Morgan fingerprint density at radius 3 is 2.36 bits per heavy atom. The number of anilines is 1. The quantitative estimate of drug-likeness (QED) is 0.769. The van der Waals surface area contributed by atoms with E-state index in [2.05, 4.69) is 14.8 Å². The molecule has 0 atom stereocenters. The molecule has 0 amide bonds. The molecule has 2 heterocycles. The first-order chi connectivity index (χ1) is 13.5. The van der Waals surface area contributed by atoms with E-state index in [1.54, 1.807) is 18.2 Å². The molecule has 0 N–H and O–H groups in total. The molecule has 6 nitrogen and oxygen atoms in total. The number of sulfonamides is 1. The third-order valence-electron chi connectivity index (χ3n) is 5.11. The van der Waals surface area contributed by atoms with Crippen molar-refractivity contribution in [2.24, 2.45) is 4.99 Å². The molecule has 0 spiro atoms. The summed E-state index contributed by atoms with van der Waals surface area (Å²) in [6, 6.07) is 14.8. The molecule has 0 aromatic heterocycles. The van der Waals surface area contributed by atoms with Crippen LogP contribution in [0.4, 0.5) is 5.69 Å². The first-order valence-corrected chi connectivity index (χ1v) is 11.2. The van der Waals surface area contributed by atoms with Crippen LogP contribution in [-0.4, -0.2) is 62.9 Å². The van der Waals surface area contributed by atoms with Crippen molar-refractivity contribution in [3.63, 3.8) is 0 Å². The second kappa shape index (κ2) is 7.64. The third-order valence-corrected chi connectivity index (χ3v) is 7.21. The SMILES string of the molecule is Cc1cccc(S(=O)(=O)N2CCN=C2N2CCN(c3ccccc3Cl)CC2)c1. The van der Waals surface area contributed by atoms with E-state index < -0.39 is 10.0 Å². The number of aryl methyl sites for hydroxylation is 1. The van der Waals surface area contributed by atoms with Crippen molar-refractivity contribution < 1.29 is 8.42 Å².